The maximum Gasteiger partial charge on any atom is 0.157 e. The highest BCUT2D eigenvalue weighted by Crippen LogP contribution is 2.26. The molecule has 2 N–H and O–H groups in total. The fourth-order valence-electron chi connectivity index (χ4n) is 1.92. The first kappa shape index (κ1) is 9.65. The number of nitrogens with zero attached hydrogens (tertiary/aromatic N) is 2. The lowest BCUT2D eigenvalue weighted by Gasteiger charge is -2.17. The molecule has 1 fully saturated rings. The van der Waals surface area contributed by atoms with Gasteiger partial charge >= 0.3 is 0 Å². The van der Waals surface area contributed by atoms with Crippen molar-refractivity contribution in [1.82, 2.24) is 20.5 Å². The summed E-state index contributed by atoms with van der Waals surface area (Å²) in [5, 5.41) is 10.7. The molecule has 2 rings (SSSR count). The fraction of sp³-hybridized carbons (Fsp3) is 0.800. The highest BCUT2D eigenvalue weighted by molar-refractivity contribution is 5.10. The number of aromatic amines is 1. The first-order valence-electron chi connectivity index (χ1n) is 5.37. The molecule has 14 heavy (non-hydrogen) atoms. The van der Waals surface area contributed by atoms with Gasteiger partial charge in [-0.25, -0.2) is 4.98 Å². The molecule has 1 aliphatic heterocycles. The van der Waals surface area contributed by atoms with Crippen molar-refractivity contribution in [3.63, 3.8) is 0 Å². The Morgan fingerprint density at radius 3 is 3.00 bits per heavy atom. The molecular weight excluding hydrogens is 176 g/mol. The van der Waals surface area contributed by atoms with Gasteiger partial charge in [0.1, 0.15) is 5.82 Å². The van der Waals surface area contributed by atoms with E-state index in [1.165, 1.54) is 0 Å². The summed E-state index contributed by atoms with van der Waals surface area (Å²) in [5.41, 5.74) is 0.141. The second-order valence-electron chi connectivity index (χ2n) is 4.34. The predicted octanol–water partition coefficient (Wildman–Crippen LogP) is 1.01. The summed E-state index contributed by atoms with van der Waals surface area (Å²) < 4.78 is 0. The van der Waals surface area contributed by atoms with Crippen LogP contribution in [0.25, 0.3) is 0 Å². The van der Waals surface area contributed by atoms with Crippen molar-refractivity contribution in [3.8, 4) is 0 Å². The Morgan fingerprint density at radius 1 is 1.50 bits per heavy atom. The van der Waals surface area contributed by atoms with Crippen LogP contribution in [0.5, 0.6) is 0 Å². The van der Waals surface area contributed by atoms with Gasteiger partial charge in [0.15, 0.2) is 5.82 Å². The quantitative estimate of drug-likeness (QED) is 0.755. The lowest BCUT2D eigenvalue weighted by atomic mass is 9.89. The van der Waals surface area contributed by atoms with E-state index in [0.717, 1.165) is 44.0 Å². The van der Waals surface area contributed by atoms with Crippen LogP contribution in [0.4, 0.5) is 0 Å². The van der Waals surface area contributed by atoms with E-state index in [-0.39, 0.29) is 5.41 Å². The summed E-state index contributed by atoms with van der Waals surface area (Å²) in [5.74, 6) is 2.00. The summed E-state index contributed by atoms with van der Waals surface area (Å²) in [6, 6.07) is 0. The second-order valence-corrected chi connectivity index (χ2v) is 4.34. The summed E-state index contributed by atoms with van der Waals surface area (Å²) in [6.45, 7) is 6.46. The van der Waals surface area contributed by atoms with Crippen LogP contribution in [0, 0.1) is 0 Å². The molecule has 0 aromatic carbocycles. The molecule has 1 saturated heterocycles. The lowest BCUT2D eigenvalue weighted by molar-refractivity contribution is 0.491. The normalized spacial score (nSPS) is 27.0. The maximum atomic E-state index is 4.55. The van der Waals surface area contributed by atoms with E-state index < -0.39 is 0 Å². The Morgan fingerprint density at radius 2 is 2.36 bits per heavy atom. The molecule has 78 valence electrons. The Balaban J connectivity index is 2.15. The standard InChI is InChI=1S/C10H18N4/c1-3-4-8-12-9(14-13-8)10(2)5-6-11-7-10/h11H,3-7H2,1-2H3,(H,12,13,14). The highest BCUT2D eigenvalue weighted by atomic mass is 15.2. The molecule has 0 spiro atoms. The van der Waals surface area contributed by atoms with Crippen molar-refractivity contribution >= 4 is 0 Å². The van der Waals surface area contributed by atoms with Gasteiger partial charge in [-0.05, 0) is 19.4 Å². The SMILES string of the molecule is CCCc1nc(C2(C)CCNC2)n[nH]1. The van der Waals surface area contributed by atoms with Crippen LogP contribution >= 0.6 is 0 Å². The van der Waals surface area contributed by atoms with Crippen molar-refractivity contribution in [2.45, 2.75) is 38.5 Å². The molecule has 0 amide bonds. The molecule has 1 atom stereocenters. The molecule has 1 unspecified atom stereocenters. The van der Waals surface area contributed by atoms with Gasteiger partial charge in [0, 0.05) is 18.4 Å². The number of aromatic nitrogens is 3. The molecule has 4 nitrogen and oxygen atoms in total. The van der Waals surface area contributed by atoms with E-state index >= 15 is 0 Å². The van der Waals surface area contributed by atoms with E-state index in [9.17, 15) is 0 Å². The van der Waals surface area contributed by atoms with Crippen LogP contribution in [0.2, 0.25) is 0 Å². The zero-order chi connectivity index (χ0) is 10.0. The third kappa shape index (κ3) is 1.66. The zero-order valence-corrected chi connectivity index (χ0v) is 8.93. The van der Waals surface area contributed by atoms with Gasteiger partial charge in [-0.3, -0.25) is 5.10 Å². The van der Waals surface area contributed by atoms with Crippen LogP contribution < -0.4 is 5.32 Å². The van der Waals surface area contributed by atoms with E-state index in [1.807, 2.05) is 0 Å². The van der Waals surface area contributed by atoms with Crippen LogP contribution in [0.15, 0.2) is 0 Å². The number of aryl methyl sites for hydroxylation is 1. The Labute approximate surface area is 84.5 Å². The summed E-state index contributed by atoms with van der Waals surface area (Å²) in [4.78, 5) is 4.55. The van der Waals surface area contributed by atoms with E-state index in [1.54, 1.807) is 0 Å². The summed E-state index contributed by atoms with van der Waals surface area (Å²) in [6.07, 6.45) is 3.25. The number of hydrogen-bond acceptors (Lipinski definition) is 3. The molecule has 0 bridgehead atoms. The lowest BCUT2D eigenvalue weighted by Crippen LogP contribution is -2.26. The van der Waals surface area contributed by atoms with Crippen molar-refractivity contribution < 1.29 is 0 Å². The third-order valence-electron chi connectivity index (χ3n) is 2.93. The molecule has 0 radical (unpaired) electrons. The van der Waals surface area contributed by atoms with Crippen molar-refractivity contribution in [3.05, 3.63) is 11.6 Å². The number of nitrogens with one attached hydrogen (secondary N) is 2. The molecular formula is C10H18N4. The minimum atomic E-state index is 0.141. The minimum absolute atomic E-state index is 0.141. The van der Waals surface area contributed by atoms with E-state index in [0.29, 0.717) is 0 Å². The molecule has 4 heteroatoms. The van der Waals surface area contributed by atoms with Gasteiger partial charge in [0.2, 0.25) is 0 Å². The van der Waals surface area contributed by atoms with Crippen LogP contribution in [0.3, 0.4) is 0 Å². The van der Waals surface area contributed by atoms with Crippen LogP contribution in [0.1, 0.15) is 38.3 Å². The van der Waals surface area contributed by atoms with E-state index in [4.69, 9.17) is 0 Å². The van der Waals surface area contributed by atoms with Crippen LogP contribution in [-0.2, 0) is 11.8 Å². The van der Waals surface area contributed by atoms with E-state index in [2.05, 4.69) is 34.3 Å². The van der Waals surface area contributed by atoms with Gasteiger partial charge < -0.3 is 5.32 Å². The molecule has 1 aromatic rings. The number of rotatable bonds is 3. The van der Waals surface area contributed by atoms with Crippen LogP contribution in [-0.4, -0.2) is 28.3 Å². The van der Waals surface area contributed by atoms with Gasteiger partial charge in [-0.1, -0.05) is 13.8 Å². The van der Waals surface area contributed by atoms with Crippen molar-refractivity contribution in [2.75, 3.05) is 13.1 Å². The Hall–Kier alpha value is -0.900. The average molecular weight is 194 g/mol. The van der Waals surface area contributed by atoms with Crippen molar-refractivity contribution in [2.24, 2.45) is 0 Å². The monoisotopic (exact) mass is 194 g/mol. The number of hydrogen-bond donors (Lipinski definition) is 2. The smallest absolute Gasteiger partial charge is 0.157 e. The summed E-state index contributed by atoms with van der Waals surface area (Å²) >= 11 is 0. The number of H-pyrrole nitrogens is 1. The third-order valence-corrected chi connectivity index (χ3v) is 2.93. The minimum Gasteiger partial charge on any atom is -0.316 e. The van der Waals surface area contributed by atoms with Gasteiger partial charge in [-0.15, -0.1) is 0 Å². The topological polar surface area (TPSA) is 53.6 Å². The molecule has 2 heterocycles. The zero-order valence-electron chi connectivity index (χ0n) is 8.93. The van der Waals surface area contributed by atoms with Gasteiger partial charge in [0.25, 0.3) is 0 Å². The fourth-order valence-corrected chi connectivity index (χ4v) is 1.92. The average Bonchev–Trinajstić information content (AvgIpc) is 2.75. The van der Waals surface area contributed by atoms with Gasteiger partial charge in [0.05, 0.1) is 0 Å². The summed E-state index contributed by atoms with van der Waals surface area (Å²) in [7, 11) is 0. The molecule has 0 aliphatic carbocycles. The first-order chi connectivity index (χ1) is 6.74. The first-order valence-corrected chi connectivity index (χ1v) is 5.37. The Bertz CT molecular complexity index is 299. The second kappa shape index (κ2) is 3.69. The maximum absolute atomic E-state index is 4.55. The van der Waals surface area contributed by atoms with Gasteiger partial charge in [-0.2, -0.15) is 5.10 Å². The molecule has 1 aromatic heterocycles. The highest BCUT2D eigenvalue weighted by Gasteiger charge is 2.34. The molecule has 1 aliphatic rings. The largest absolute Gasteiger partial charge is 0.316 e. The molecule has 0 saturated carbocycles. The van der Waals surface area contributed by atoms with Crippen molar-refractivity contribution in [1.29, 1.82) is 0 Å². The Kier molecular flexibility index (Phi) is 2.54. The predicted molar refractivity (Wildman–Crippen MR) is 55.2 cm³/mol.